The van der Waals surface area contributed by atoms with Crippen molar-refractivity contribution in [1.29, 1.82) is 0 Å². The molecule has 0 fully saturated rings. The molecule has 0 radical (unpaired) electrons. The lowest BCUT2D eigenvalue weighted by molar-refractivity contribution is -0.0500. The third-order valence-electron chi connectivity index (χ3n) is 2.01. The first kappa shape index (κ1) is 14.8. The highest BCUT2D eigenvalue weighted by Gasteiger charge is 2.49. The van der Waals surface area contributed by atoms with E-state index in [-0.39, 0.29) is 17.4 Å². The van der Waals surface area contributed by atoms with Gasteiger partial charge < -0.3 is 13.7 Å². The van der Waals surface area contributed by atoms with E-state index >= 15 is 0 Å². The van der Waals surface area contributed by atoms with Crippen LogP contribution in [-0.4, -0.2) is 20.7 Å². The average Bonchev–Trinajstić information content (AvgIpc) is 2.72. The number of alkyl halides is 3. The van der Waals surface area contributed by atoms with Gasteiger partial charge in [0.1, 0.15) is 0 Å². The van der Waals surface area contributed by atoms with Crippen molar-refractivity contribution in [3.05, 3.63) is 12.1 Å². The molecule has 1 aromatic carbocycles. The van der Waals surface area contributed by atoms with Crippen LogP contribution in [0.1, 0.15) is 0 Å². The molecule has 0 atom stereocenters. The van der Waals surface area contributed by atoms with Gasteiger partial charge in [-0.1, -0.05) is 0 Å². The molecule has 0 aliphatic carbocycles. The van der Waals surface area contributed by atoms with Gasteiger partial charge in [0.15, 0.2) is 17.2 Å². The zero-order valence-electron chi connectivity index (χ0n) is 8.73. The standard InChI is InChI=1S/C8H4F3IO5S2/c9-8(10,11)19(13,14)17-6-1-4-5(16-3-15-4)2-7(6)18-12/h1-2H,3H2. The van der Waals surface area contributed by atoms with Gasteiger partial charge in [0, 0.05) is 33.3 Å². The fourth-order valence-corrected chi connectivity index (χ4v) is 3.08. The van der Waals surface area contributed by atoms with E-state index in [0.717, 1.165) is 15.0 Å². The van der Waals surface area contributed by atoms with Crippen molar-refractivity contribution < 1.29 is 35.2 Å². The Kier molecular flexibility index (Phi) is 3.97. The van der Waals surface area contributed by atoms with E-state index in [1.807, 2.05) is 0 Å². The second-order valence-corrected chi connectivity index (χ2v) is 6.67. The van der Waals surface area contributed by atoms with Crippen LogP contribution in [0.2, 0.25) is 0 Å². The van der Waals surface area contributed by atoms with Crippen LogP contribution in [0, 0.1) is 0 Å². The van der Waals surface area contributed by atoms with Gasteiger partial charge in [0.2, 0.25) is 6.79 Å². The van der Waals surface area contributed by atoms with Crippen molar-refractivity contribution >= 4 is 40.3 Å². The minimum absolute atomic E-state index is 0.0871. The number of hydrogen-bond acceptors (Lipinski definition) is 6. The second kappa shape index (κ2) is 5.09. The molecule has 1 aromatic rings. The summed E-state index contributed by atoms with van der Waals surface area (Å²) in [4.78, 5) is 0.178. The smallest absolute Gasteiger partial charge is 0.454 e. The normalized spacial score (nSPS) is 14.5. The van der Waals surface area contributed by atoms with E-state index < -0.39 is 21.4 Å². The molecule has 11 heteroatoms. The van der Waals surface area contributed by atoms with Crippen LogP contribution in [0.4, 0.5) is 13.2 Å². The van der Waals surface area contributed by atoms with E-state index in [1.165, 1.54) is 6.07 Å². The lowest BCUT2D eigenvalue weighted by Crippen LogP contribution is -2.28. The Balaban J connectivity index is 2.41. The molecule has 1 aliphatic rings. The van der Waals surface area contributed by atoms with Gasteiger partial charge in [-0.3, -0.25) is 0 Å². The van der Waals surface area contributed by atoms with Gasteiger partial charge in [-0.2, -0.15) is 21.6 Å². The minimum Gasteiger partial charge on any atom is -0.454 e. The molecule has 2 rings (SSSR count). The van der Waals surface area contributed by atoms with E-state index in [1.54, 1.807) is 21.2 Å². The largest absolute Gasteiger partial charge is 0.534 e. The lowest BCUT2D eigenvalue weighted by Gasteiger charge is -2.12. The molecule has 0 aromatic heterocycles. The SMILES string of the molecule is O=S(=O)(Oc1cc2c(cc1SI)OCO2)C(F)(F)F. The number of fused-ring (bicyclic) bond motifs is 1. The fourth-order valence-electron chi connectivity index (χ4n) is 1.20. The molecular formula is C8H4F3IO5S2. The van der Waals surface area contributed by atoms with Gasteiger partial charge in [-0.15, -0.1) is 0 Å². The number of rotatable bonds is 3. The van der Waals surface area contributed by atoms with Crippen LogP contribution >= 0.6 is 30.1 Å². The molecule has 1 aliphatic heterocycles. The first-order valence-corrected chi connectivity index (χ1v) is 9.24. The van der Waals surface area contributed by atoms with Gasteiger partial charge >= 0.3 is 15.6 Å². The summed E-state index contributed by atoms with van der Waals surface area (Å²) in [5.74, 6) is -0.0153. The molecule has 5 nitrogen and oxygen atoms in total. The van der Waals surface area contributed by atoms with Gasteiger partial charge in [0.05, 0.1) is 4.90 Å². The van der Waals surface area contributed by atoms with Crippen LogP contribution in [0.15, 0.2) is 17.0 Å². The predicted molar refractivity (Wildman–Crippen MR) is 68.0 cm³/mol. The number of benzene rings is 1. The molecule has 0 unspecified atom stereocenters. The summed E-state index contributed by atoms with van der Waals surface area (Å²) in [7, 11) is -4.72. The molecule has 0 amide bonds. The summed E-state index contributed by atoms with van der Waals surface area (Å²) in [6.07, 6.45) is 0. The van der Waals surface area contributed by atoms with Gasteiger partial charge in [0.25, 0.3) is 0 Å². The number of hydrogen-bond donors (Lipinski definition) is 0. The topological polar surface area (TPSA) is 61.8 Å². The summed E-state index contributed by atoms with van der Waals surface area (Å²) in [6, 6.07) is 2.40. The maximum absolute atomic E-state index is 12.3. The Hall–Kier alpha value is -0.560. The van der Waals surface area contributed by atoms with Crippen molar-refractivity contribution in [3.8, 4) is 17.2 Å². The highest BCUT2D eigenvalue weighted by atomic mass is 127. The van der Waals surface area contributed by atoms with Crippen molar-refractivity contribution in [2.75, 3.05) is 6.79 Å². The Morgan fingerprint density at radius 1 is 1.26 bits per heavy atom. The second-order valence-electron chi connectivity index (χ2n) is 3.21. The highest BCUT2D eigenvalue weighted by molar-refractivity contribution is 14.2. The van der Waals surface area contributed by atoms with Crippen molar-refractivity contribution in [2.24, 2.45) is 0 Å². The maximum Gasteiger partial charge on any atom is 0.534 e. The van der Waals surface area contributed by atoms with E-state index in [2.05, 4.69) is 4.18 Å². The van der Waals surface area contributed by atoms with Crippen molar-refractivity contribution in [3.63, 3.8) is 0 Å². The maximum atomic E-state index is 12.3. The van der Waals surface area contributed by atoms with Gasteiger partial charge in [-0.25, -0.2) is 0 Å². The molecule has 0 saturated heterocycles. The van der Waals surface area contributed by atoms with Crippen molar-refractivity contribution in [1.82, 2.24) is 0 Å². The zero-order chi connectivity index (χ0) is 14.3. The Morgan fingerprint density at radius 3 is 2.37 bits per heavy atom. The molecule has 1 heterocycles. The third-order valence-corrected chi connectivity index (χ3v) is 4.88. The van der Waals surface area contributed by atoms with E-state index in [4.69, 9.17) is 9.47 Å². The summed E-state index contributed by atoms with van der Waals surface area (Å²) in [6.45, 7) is -0.0871. The zero-order valence-corrected chi connectivity index (χ0v) is 12.5. The van der Waals surface area contributed by atoms with Crippen LogP contribution in [0.25, 0.3) is 0 Å². The fraction of sp³-hybridized carbons (Fsp3) is 0.250. The lowest BCUT2D eigenvalue weighted by atomic mass is 10.3. The highest BCUT2D eigenvalue weighted by Crippen LogP contribution is 2.45. The molecule has 106 valence electrons. The molecule has 0 bridgehead atoms. The monoisotopic (exact) mass is 428 g/mol. The van der Waals surface area contributed by atoms with Crippen LogP contribution in [-0.2, 0) is 10.1 Å². The molecule has 19 heavy (non-hydrogen) atoms. The van der Waals surface area contributed by atoms with E-state index in [9.17, 15) is 21.6 Å². The Labute approximate surface area is 122 Å². The van der Waals surface area contributed by atoms with E-state index in [0.29, 0.717) is 5.75 Å². The summed E-state index contributed by atoms with van der Waals surface area (Å²) in [5.41, 5.74) is -5.49. The number of ether oxygens (including phenoxy) is 2. The Morgan fingerprint density at radius 2 is 1.84 bits per heavy atom. The third kappa shape index (κ3) is 2.97. The quantitative estimate of drug-likeness (QED) is 0.419. The van der Waals surface area contributed by atoms with Crippen molar-refractivity contribution in [2.45, 2.75) is 10.4 Å². The number of halogens is 4. The first-order chi connectivity index (χ1) is 8.74. The molecule has 0 saturated carbocycles. The first-order valence-electron chi connectivity index (χ1n) is 4.47. The Bertz CT molecular complexity index is 601. The molecule has 0 spiro atoms. The van der Waals surface area contributed by atoms with Gasteiger partial charge in [-0.05, 0) is 8.93 Å². The summed E-state index contributed by atoms with van der Waals surface area (Å²) < 4.78 is 72.7. The average molecular weight is 428 g/mol. The predicted octanol–water partition coefficient (Wildman–Crippen LogP) is 3.09. The van der Waals surface area contributed by atoms with Crippen LogP contribution in [0.5, 0.6) is 17.2 Å². The molecule has 0 N–H and O–H groups in total. The van der Waals surface area contributed by atoms with Crippen LogP contribution < -0.4 is 13.7 Å². The van der Waals surface area contributed by atoms with Crippen LogP contribution in [0.3, 0.4) is 0 Å². The summed E-state index contributed by atoms with van der Waals surface area (Å²) >= 11 is 1.78. The molecular weight excluding hydrogens is 424 g/mol. The minimum atomic E-state index is -5.71. The summed E-state index contributed by atoms with van der Waals surface area (Å²) in [5, 5.41) is 0.